The summed E-state index contributed by atoms with van der Waals surface area (Å²) in [5.74, 6) is -0.497. The fourth-order valence-corrected chi connectivity index (χ4v) is 1.26. The number of anilines is 1. The minimum Gasteiger partial charge on any atom is -0.462 e. The minimum absolute atomic E-state index is 0.196. The third kappa shape index (κ3) is 4.00. The van der Waals surface area contributed by atoms with E-state index in [2.05, 4.69) is 15.3 Å². The number of amides is 1. The van der Waals surface area contributed by atoms with Crippen LogP contribution in [-0.2, 0) is 9.53 Å². The van der Waals surface area contributed by atoms with Crippen LogP contribution < -0.4 is 11.1 Å². The number of aromatic nitrogens is 2. The molecule has 1 aromatic rings. The lowest BCUT2D eigenvalue weighted by molar-refractivity contribution is -0.117. The van der Waals surface area contributed by atoms with Gasteiger partial charge in [-0.3, -0.25) is 4.79 Å². The molecule has 0 saturated heterocycles. The number of carbonyl (C=O) groups is 2. The van der Waals surface area contributed by atoms with Gasteiger partial charge in [0.05, 0.1) is 17.9 Å². The second kappa shape index (κ2) is 6.53. The van der Waals surface area contributed by atoms with Crippen molar-refractivity contribution >= 4 is 17.8 Å². The molecular formula is C11H16N4O3. The van der Waals surface area contributed by atoms with E-state index >= 15 is 0 Å². The largest absolute Gasteiger partial charge is 0.462 e. The van der Waals surface area contributed by atoms with Gasteiger partial charge in [0, 0.05) is 19.2 Å². The van der Waals surface area contributed by atoms with Crippen LogP contribution in [0.1, 0.15) is 29.4 Å². The zero-order chi connectivity index (χ0) is 13.5. The fraction of sp³-hybridized carbons (Fsp3) is 0.455. The molecule has 0 unspecified atom stereocenters. The molecule has 0 aromatic carbocycles. The molecular weight excluding hydrogens is 236 g/mol. The summed E-state index contributed by atoms with van der Waals surface area (Å²) in [6.07, 6.45) is 1.59. The van der Waals surface area contributed by atoms with Crippen molar-refractivity contribution in [3.8, 4) is 0 Å². The summed E-state index contributed by atoms with van der Waals surface area (Å²) >= 11 is 0. The number of nitrogens with one attached hydrogen (secondary N) is 1. The van der Waals surface area contributed by atoms with Gasteiger partial charge in [-0.2, -0.15) is 0 Å². The van der Waals surface area contributed by atoms with Gasteiger partial charge in [-0.25, -0.2) is 14.8 Å². The Morgan fingerprint density at radius 1 is 1.50 bits per heavy atom. The number of primary amides is 1. The maximum absolute atomic E-state index is 11.5. The van der Waals surface area contributed by atoms with Gasteiger partial charge in [0.25, 0.3) is 0 Å². The molecule has 98 valence electrons. The molecule has 0 spiro atoms. The van der Waals surface area contributed by atoms with Crippen LogP contribution in [0, 0.1) is 6.92 Å². The van der Waals surface area contributed by atoms with Crippen LogP contribution in [0.2, 0.25) is 0 Å². The van der Waals surface area contributed by atoms with Crippen molar-refractivity contribution in [3.63, 3.8) is 0 Å². The fourth-order valence-electron chi connectivity index (χ4n) is 1.26. The highest BCUT2D eigenvalue weighted by molar-refractivity contribution is 5.90. The van der Waals surface area contributed by atoms with E-state index in [1.54, 1.807) is 13.8 Å². The average Bonchev–Trinajstić information content (AvgIpc) is 2.28. The molecule has 18 heavy (non-hydrogen) atoms. The van der Waals surface area contributed by atoms with Gasteiger partial charge < -0.3 is 15.8 Å². The molecule has 0 saturated carbocycles. The molecule has 1 amide bonds. The van der Waals surface area contributed by atoms with Crippen molar-refractivity contribution in [1.29, 1.82) is 0 Å². The van der Waals surface area contributed by atoms with Crippen LogP contribution >= 0.6 is 0 Å². The maximum Gasteiger partial charge on any atom is 0.341 e. The Hall–Kier alpha value is -2.18. The number of rotatable bonds is 6. The van der Waals surface area contributed by atoms with E-state index in [9.17, 15) is 9.59 Å². The van der Waals surface area contributed by atoms with Crippen molar-refractivity contribution in [2.24, 2.45) is 5.73 Å². The molecule has 1 rings (SSSR count). The topological polar surface area (TPSA) is 107 Å². The molecule has 1 aromatic heterocycles. The number of aryl methyl sites for hydroxylation is 1. The van der Waals surface area contributed by atoms with E-state index in [4.69, 9.17) is 10.5 Å². The Morgan fingerprint density at radius 2 is 2.22 bits per heavy atom. The highest BCUT2D eigenvalue weighted by Crippen LogP contribution is 2.08. The van der Waals surface area contributed by atoms with E-state index in [1.807, 2.05) is 0 Å². The summed E-state index contributed by atoms with van der Waals surface area (Å²) in [5, 5.41) is 2.84. The smallest absolute Gasteiger partial charge is 0.341 e. The monoisotopic (exact) mass is 252 g/mol. The molecule has 0 aliphatic heterocycles. The predicted octanol–water partition coefficient (Wildman–Crippen LogP) is 0.249. The summed E-state index contributed by atoms with van der Waals surface area (Å²) in [4.78, 5) is 30.1. The molecule has 3 N–H and O–H groups in total. The van der Waals surface area contributed by atoms with Gasteiger partial charge in [-0.1, -0.05) is 0 Å². The minimum atomic E-state index is -0.446. The average molecular weight is 252 g/mol. The highest BCUT2D eigenvalue weighted by atomic mass is 16.5. The Labute approximate surface area is 105 Å². The molecule has 0 atom stereocenters. The van der Waals surface area contributed by atoms with E-state index in [0.29, 0.717) is 30.4 Å². The molecule has 1 heterocycles. The molecule has 7 nitrogen and oxygen atoms in total. The third-order valence-corrected chi connectivity index (χ3v) is 2.13. The number of hydrogen-bond donors (Lipinski definition) is 2. The summed E-state index contributed by atoms with van der Waals surface area (Å²) in [7, 11) is 0. The Morgan fingerprint density at radius 3 is 2.78 bits per heavy atom. The van der Waals surface area contributed by atoms with Crippen LogP contribution in [-0.4, -0.2) is 35.0 Å². The van der Waals surface area contributed by atoms with E-state index in [0.717, 1.165) is 0 Å². The van der Waals surface area contributed by atoms with Gasteiger partial charge in [-0.15, -0.1) is 0 Å². The number of carbonyl (C=O) groups excluding carboxylic acids is 2. The number of nitrogens with zero attached hydrogens (tertiary/aromatic N) is 2. The number of esters is 1. The van der Waals surface area contributed by atoms with Crippen molar-refractivity contribution < 1.29 is 14.3 Å². The van der Waals surface area contributed by atoms with Gasteiger partial charge in [0.2, 0.25) is 11.9 Å². The third-order valence-electron chi connectivity index (χ3n) is 2.13. The Balaban J connectivity index is 2.67. The van der Waals surface area contributed by atoms with Gasteiger partial charge >= 0.3 is 5.97 Å². The summed E-state index contributed by atoms with van der Waals surface area (Å²) < 4.78 is 4.86. The molecule has 7 heteroatoms. The van der Waals surface area contributed by atoms with Crippen LogP contribution in [0.25, 0.3) is 0 Å². The van der Waals surface area contributed by atoms with Crippen LogP contribution in [0.5, 0.6) is 0 Å². The predicted molar refractivity (Wildman–Crippen MR) is 65.0 cm³/mol. The summed E-state index contributed by atoms with van der Waals surface area (Å²) in [6.45, 7) is 4.07. The van der Waals surface area contributed by atoms with Crippen molar-refractivity contribution in [3.05, 3.63) is 17.5 Å². The van der Waals surface area contributed by atoms with E-state index in [-0.39, 0.29) is 6.42 Å². The SMILES string of the molecule is CCOC(=O)c1cnc(NCCC(N)=O)nc1C. The number of nitrogens with two attached hydrogens (primary N) is 1. The van der Waals surface area contributed by atoms with Gasteiger partial charge in [-0.05, 0) is 13.8 Å². The van der Waals surface area contributed by atoms with Crippen LogP contribution in [0.15, 0.2) is 6.20 Å². The van der Waals surface area contributed by atoms with Gasteiger partial charge in [0.1, 0.15) is 0 Å². The lowest BCUT2D eigenvalue weighted by Crippen LogP contribution is -2.17. The first-order valence-corrected chi connectivity index (χ1v) is 5.57. The second-order valence-electron chi connectivity index (χ2n) is 3.56. The first-order chi connectivity index (χ1) is 8.54. The first kappa shape index (κ1) is 13.9. The van der Waals surface area contributed by atoms with Gasteiger partial charge in [0.15, 0.2) is 0 Å². The van der Waals surface area contributed by atoms with E-state index < -0.39 is 11.9 Å². The number of ether oxygens (including phenoxy) is 1. The lowest BCUT2D eigenvalue weighted by atomic mass is 10.2. The molecule has 0 aliphatic rings. The Kier molecular flexibility index (Phi) is 5.04. The van der Waals surface area contributed by atoms with Crippen molar-refractivity contribution in [2.45, 2.75) is 20.3 Å². The molecule has 0 bridgehead atoms. The summed E-state index contributed by atoms with van der Waals surface area (Å²) in [5.41, 5.74) is 5.85. The van der Waals surface area contributed by atoms with Crippen molar-refractivity contribution in [1.82, 2.24) is 9.97 Å². The quantitative estimate of drug-likeness (QED) is 0.703. The standard InChI is InChI=1S/C11H16N4O3/c1-3-18-10(17)8-6-14-11(15-7(8)2)13-5-4-9(12)16/h6H,3-5H2,1-2H3,(H2,12,16)(H,13,14,15). The second-order valence-corrected chi connectivity index (χ2v) is 3.56. The Bertz CT molecular complexity index is 448. The zero-order valence-corrected chi connectivity index (χ0v) is 10.4. The van der Waals surface area contributed by atoms with Crippen LogP contribution in [0.4, 0.5) is 5.95 Å². The summed E-state index contributed by atoms with van der Waals surface area (Å²) in [6, 6.07) is 0. The van der Waals surface area contributed by atoms with Crippen molar-refractivity contribution in [2.75, 3.05) is 18.5 Å². The molecule has 0 fully saturated rings. The van der Waals surface area contributed by atoms with E-state index in [1.165, 1.54) is 6.20 Å². The molecule has 0 aliphatic carbocycles. The number of hydrogen-bond acceptors (Lipinski definition) is 6. The normalized spacial score (nSPS) is 9.89. The lowest BCUT2D eigenvalue weighted by Gasteiger charge is -2.07. The molecule has 0 radical (unpaired) electrons. The first-order valence-electron chi connectivity index (χ1n) is 5.57. The highest BCUT2D eigenvalue weighted by Gasteiger charge is 2.12. The van der Waals surface area contributed by atoms with Crippen LogP contribution in [0.3, 0.4) is 0 Å². The maximum atomic E-state index is 11.5. The zero-order valence-electron chi connectivity index (χ0n) is 10.4.